The second-order valence-corrected chi connectivity index (χ2v) is 7.84. The number of likely N-dealkylation sites (N-methyl/N-ethyl adjacent to an activating group) is 1. The van der Waals surface area contributed by atoms with Crippen molar-refractivity contribution >= 4 is 17.3 Å². The summed E-state index contributed by atoms with van der Waals surface area (Å²) in [5.74, 6) is -0.357. The number of rotatable bonds is 6. The normalized spacial score (nSPS) is 15.8. The van der Waals surface area contributed by atoms with E-state index in [2.05, 4.69) is 5.32 Å². The average molecular weight is 435 g/mol. The Kier molecular flexibility index (Phi) is 7.23. The summed E-state index contributed by atoms with van der Waals surface area (Å²) in [4.78, 5) is 16.8. The standard InChI is InChI=1S/C23H28F3N3O2/c1-16-6-4-5-7-18(16)15-28(3)17(2)22(30)27-20-14-19(23(24,25)26)8-9-21(20)29-10-12-31-13-11-29/h4-9,14,17H,10-13,15H2,1-3H3,(H,27,30)/t17-/m1/s1. The van der Waals surface area contributed by atoms with Crippen LogP contribution in [0.4, 0.5) is 24.5 Å². The van der Waals surface area contributed by atoms with Crippen LogP contribution in [-0.4, -0.2) is 50.2 Å². The molecule has 8 heteroatoms. The number of halogens is 3. The highest BCUT2D eigenvalue weighted by Gasteiger charge is 2.32. The van der Waals surface area contributed by atoms with Gasteiger partial charge in [0.25, 0.3) is 0 Å². The zero-order valence-electron chi connectivity index (χ0n) is 18.0. The molecular formula is C23H28F3N3O2. The topological polar surface area (TPSA) is 44.8 Å². The Morgan fingerprint density at radius 2 is 1.87 bits per heavy atom. The van der Waals surface area contributed by atoms with E-state index < -0.39 is 17.8 Å². The Morgan fingerprint density at radius 1 is 1.19 bits per heavy atom. The molecule has 0 radical (unpaired) electrons. The first-order chi connectivity index (χ1) is 14.7. The lowest BCUT2D eigenvalue weighted by molar-refractivity contribution is -0.137. The molecule has 0 saturated carbocycles. The number of carbonyl (C=O) groups is 1. The lowest BCUT2D eigenvalue weighted by atomic mass is 10.1. The molecule has 5 nitrogen and oxygen atoms in total. The number of nitrogens with one attached hydrogen (secondary N) is 1. The highest BCUT2D eigenvalue weighted by molar-refractivity contribution is 5.97. The number of nitrogens with zero attached hydrogens (tertiary/aromatic N) is 2. The first-order valence-corrected chi connectivity index (χ1v) is 10.3. The van der Waals surface area contributed by atoms with Crippen LogP contribution >= 0.6 is 0 Å². The van der Waals surface area contributed by atoms with Crippen molar-refractivity contribution in [3.63, 3.8) is 0 Å². The smallest absolute Gasteiger partial charge is 0.378 e. The summed E-state index contributed by atoms with van der Waals surface area (Å²) in [6.45, 7) is 6.39. The molecule has 0 spiro atoms. The summed E-state index contributed by atoms with van der Waals surface area (Å²) in [5.41, 5.74) is 2.16. The third-order valence-electron chi connectivity index (χ3n) is 5.66. The van der Waals surface area contributed by atoms with Gasteiger partial charge in [-0.25, -0.2) is 0 Å². The lowest BCUT2D eigenvalue weighted by Crippen LogP contribution is -2.40. The maximum Gasteiger partial charge on any atom is 0.416 e. The monoisotopic (exact) mass is 435 g/mol. The summed E-state index contributed by atoms with van der Waals surface area (Å²) >= 11 is 0. The lowest BCUT2D eigenvalue weighted by Gasteiger charge is -2.31. The van der Waals surface area contributed by atoms with E-state index >= 15 is 0 Å². The number of alkyl halides is 3. The zero-order chi connectivity index (χ0) is 22.6. The number of hydrogen-bond donors (Lipinski definition) is 1. The molecule has 31 heavy (non-hydrogen) atoms. The molecule has 0 aliphatic carbocycles. The first kappa shape index (κ1) is 23.1. The molecule has 1 saturated heterocycles. The summed E-state index contributed by atoms with van der Waals surface area (Å²) in [6.07, 6.45) is -4.49. The minimum absolute atomic E-state index is 0.165. The Bertz CT molecular complexity index is 911. The number of carbonyl (C=O) groups excluding carboxylic acids is 1. The van der Waals surface area contributed by atoms with Gasteiger partial charge in [-0.2, -0.15) is 13.2 Å². The van der Waals surface area contributed by atoms with Gasteiger partial charge in [-0.1, -0.05) is 24.3 Å². The van der Waals surface area contributed by atoms with Crippen molar-refractivity contribution in [2.24, 2.45) is 0 Å². The first-order valence-electron chi connectivity index (χ1n) is 10.3. The molecule has 0 bridgehead atoms. The molecule has 168 valence electrons. The van der Waals surface area contributed by atoms with E-state index in [1.54, 1.807) is 6.92 Å². The van der Waals surface area contributed by atoms with E-state index in [4.69, 9.17) is 4.74 Å². The van der Waals surface area contributed by atoms with Crippen LogP contribution in [0.2, 0.25) is 0 Å². The van der Waals surface area contributed by atoms with Crippen molar-refractivity contribution < 1.29 is 22.7 Å². The highest BCUT2D eigenvalue weighted by atomic mass is 19.4. The fourth-order valence-corrected chi connectivity index (χ4v) is 3.52. The molecule has 1 N–H and O–H groups in total. The van der Waals surface area contributed by atoms with E-state index in [-0.39, 0.29) is 11.6 Å². The molecule has 2 aromatic rings. The quantitative estimate of drug-likeness (QED) is 0.735. The van der Waals surface area contributed by atoms with Crippen LogP contribution in [0.3, 0.4) is 0 Å². The molecular weight excluding hydrogens is 407 g/mol. The number of aryl methyl sites for hydroxylation is 1. The summed E-state index contributed by atoms with van der Waals surface area (Å²) < 4.78 is 45.2. The molecule has 1 heterocycles. The van der Waals surface area contributed by atoms with Gasteiger partial charge in [-0.15, -0.1) is 0 Å². The predicted octanol–water partition coefficient (Wildman–Crippen LogP) is 4.31. The molecule has 1 amide bonds. The third kappa shape index (κ3) is 5.77. The molecule has 1 aliphatic rings. The van der Waals surface area contributed by atoms with E-state index in [1.165, 1.54) is 6.07 Å². The fourth-order valence-electron chi connectivity index (χ4n) is 3.52. The minimum atomic E-state index is -4.49. The van der Waals surface area contributed by atoms with Crippen LogP contribution < -0.4 is 10.2 Å². The molecule has 1 aliphatic heterocycles. The summed E-state index contributed by atoms with van der Waals surface area (Å²) in [6, 6.07) is 10.8. The molecule has 3 rings (SSSR count). The number of benzene rings is 2. The summed E-state index contributed by atoms with van der Waals surface area (Å²) in [5, 5.41) is 2.74. The molecule has 0 unspecified atom stereocenters. The minimum Gasteiger partial charge on any atom is -0.378 e. The molecule has 2 aromatic carbocycles. The van der Waals surface area contributed by atoms with Crippen molar-refractivity contribution in [3.05, 3.63) is 59.2 Å². The maximum atomic E-state index is 13.3. The van der Waals surface area contributed by atoms with E-state index in [0.717, 1.165) is 23.3 Å². The van der Waals surface area contributed by atoms with Crippen LogP contribution in [0.15, 0.2) is 42.5 Å². The Labute approximate surface area is 180 Å². The van der Waals surface area contributed by atoms with Crippen LogP contribution in [0.25, 0.3) is 0 Å². The van der Waals surface area contributed by atoms with Crippen molar-refractivity contribution in [2.75, 3.05) is 43.6 Å². The van der Waals surface area contributed by atoms with Crippen molar-refractivity contribution in [3.8, 4) is 0 Å². The van der Waals surface area contributed by atoms with Gasteiger partial charge < -0.3 is 15.0 Å². The highest BCUT2D eigenvalue weighted by Crippen LogP contribution is 2.36. The Morgan fingerprint density at radius 3 is 2.52 bits per heavy atom. The van der Waals surface area contributed by atoms with Crippen LogP contribution in [0, 0.1) is 6.92 Å². The van der Waals surface area contributed by atoms with Gasteiger partial charge in [-0.3, -0.25) is 9.69 Å². The Hall–Kier alpha value is -2.58. The summed E-state index contributed by atoms with van der Waals surface area (Å²) in [7, 11) is 1.83. The number of anilines is 2. The largest absolute Gasteiger partial charge is 0.416 e. The van der Waals surface area contributed by atoms with Gasteiger partial charge in [0.1, 0.15) is 0 Å². The van der Waals surface area contributed by atoms with Crippen molar-refractivity contribution in [1.29, 1.82) is 0 Å². The molecule has 1 fully saturated rings. The molecule has 1 atom stereocenters. The second-order valence-electron chi connectivity index (χ2n) is 7.84. The Balaban J connectivity index is 1.80. The molecule has 0 aromatic heterocycles. The van der Waals surface area contributed by atoms with E-state index in [0.29, 0.717) is 38.5 Å². The second kappa shape index (κ2) is 9.70. The fraction of sp³-hybridized carbons (Fsp3) is 0.435. The number of ether oxygens (including phenoxy) is 1. The predicted molar refractivity (Wildman–Crippen MR) is 115 cm³/mol. The van der Waals surface area contributed by atoms with Gasteiger partial charge in [0.15, 0.2) is 0 Å². The van der Waals surface area contributed by atoms with Gasteiger partial charge in [0, 0.05) is 19.6 Å². The van der Waals surface area contributed by atoms with E-state index in [1.807, 2.05) is 48.0 Å². The van der Waals surface area contributed by atoms with Gasteiger partial charge in [0.2, 0.25) is 5.91 Å². The van der Waals surface area contributed by atoms with Crippen LogP contribution in [0.1, 0.15) is 23.6 Å². The third-order valence-corrected chi connectivity index (χ3v) is 5.66. The maximum absolute atomic E-state index is 13.3. The average Bonchev–Trinajstić information content (AvgIpc) is 2.74. The van der Waals surface area contributed by atoms with Gasteiger partial charge in [0.05, 0.1) is 36.2 Å². The SMILES string of the molecule is Cc1ccccc1CN(C)[C@H](C)C(=O)Nc1cc(C(F)(F)F)ccc1N1CCOCC1. The number of morpholine rings is 1. The van der Waals surface area contributed by atoms with Crippen molar-refractivity contribution in [1.82, 2.24) is 4.90 Å². The number of hydrogen-bond acceptors (Lipinski definition) is 4. The van der Waals surface area contributed by atoms with Crippen LogP contribution in [-0.2, 0) is 22.3 Å². The van der Waals surface area contributed by atoms with Gasteiger partial charge in [-0.05, 0) is 50.2 Å². The zero-order valence-corrected chi connectivity index (χ0v) is 18.0. The van der Waals surface area contributed by atoms with E-state index in [9.17, 15) is 18.0 Å². The number of amides is 1. The van der Waals surface area contributed by atoms with Crippen molar-refractivity contribution in [2.45, 2.75) is 32.6 Å². The van der Waals surface area contributed by atoms with Crippen LogP contribution in [0.5, 0.6) is 0 Å². The van der Waals surface area contributed by atoms with Gasteiger partial charge >= 0.3 is 6.18 Å².